The number of hydrogen-bond acceptors (Lipinski definition) is 4. The average Bonchev–Trinajstić information content (AvgIpc) is 2.70. The third kappa shape index (κ3) is 5.25. The number of nitrogens with one attached hydrogen (secondary N) is 1. The summed E-state index contributed by atoms with van der Waals surface area (Å²) >= 11 is 5.79. The van der Waals surface area contributed by atoms with Crippen molar-refractivity contribution in [1.82, 2.24) is 5.43 Å². The van der Waals surface area contributed by atoms with Crippen molar-refractivity contribution in [1.29, 1.82) is 0 Å². The minimum absolute atomic E-state index is 0.294. The van der Waals surface area contributed by atoms with Gasteiger partial charge in [0.2, 0.25) is 0 Å². The Balaban J connectivity index is 1.55. The number of esters is 1. The van der Waals surface area contributed by atoms with Gasteiger partial charge in [-0.05, 0) is 78.4 Å². The molecule has 140 valence electrons. The van der Waals surface area contributed by atoms with Gasteiger partial charge in [0, 0.05) is 10.6 Å². The Hall–Kier alpha value is -3.51. The standard InChI is InChI=1S/C21H14ClFN2O3/c22-17-7-3-16(4-8-17)21(27)28-19-11-1-14(2-12-19)13-24-25-20(26)15-5-9-18(23)10-6-15/h1-13H,(H,25,26). The Morgan fingerprint density at radius 2 is 1.50 bits per heavy atom. The predicted molar refractivity (Wildman–Crippen MR) is 104 cm³/mol. The maximum Gasteiger partial charge on any atom is 0.343 e. The van der Waals surface area contributed by atoms with Crippen molar-refractivity contribution in [3.05, 3.63) is 100 Å². The summed E-state index contributed by atoms with van der Waals surface area (Å²) in [6.07, 6.45) is 1.44. The Labute approximate surface area is 165 Å². The van der Waals surface area contributed by atoms with E-state index < -0.39 is 17.7 Å². The van der Waals surface area contributed by atoms with E-state index in [9.17, 15) is 14.0 Å². The van der Waals surface area contributed by atoms with Crippen LogP contribution in [0.4, 0.5) is 4.39 Å². The van der Waals surface area contributed by atoms with Crippen molar-refractivity contribution in [2.24, 2.45) is 5.10 Å². The normalized spacial score (nSPS) is 10.6. The molecule has 0 saturated carbocycles. The molecule has 0 fully saturated rings. The Bertz CT molecular complexity index is 1000. The molecular weight excluding hydrogens is 383 g/mol. The van der Waals surface area contributed by atoms with E-state index in [1.54, 1.807) is 48.5 Å². The zero-order valence-corrected chi connectivity index (χ0v) is 15.2. The number of benzene rings is 3. The summed E-state index contributed by atoms with van der Waals surface area (Å²) in [5, 5.41) is 4.38. The Morgan fingerprint density at radius 3 is 2.14 bits per heavy atom. The fourth-order valence-corrected chi connectivity index (χ4v) is 2.33. The third-order valence-electron chi connectivity index (χ3n) is 3.66. The zero-order chi connectivity index (χ0) is 19.9. The summed E-state index contributed by atoms with van der Waals surface area (Å²) in [5.41, 5.74) is 3.72. The van der Waals surface area contributed by atoms with E-state index >= 15 is 0 Å². The highest BCUT2D eigenvalue weighted by Crippen LogP contribution is 2.15. The molecule has 0 unspecified atom stereocenters. The van der Waals surface area contributed by atoms with E-state index in [1.807, 2.05) is 0 Å². The first-order valence-electron chi connectivity index (χ1n) is 8.18. The third-order valence-corrected chi connectivity index (χ3v) is 3.91. The van der Waals surface area contributed by atoms with Gasteiger partial charge in [0.15, 0.2) is 0 Å². The summed E-state index contributed by atoms with van der Waals surface area (Å²) in [7, 11) is 0. The van der Waals surface area contributed by atoms with Crippen LogP contribution in [0.3, 0.4) is 0 Å². The van der Waals surface area contributed by atoms with Crippen molar-refractivity contribution < 1.29 is 18.7 Å². The van der Waals surface area contributed by atoms with E-state index in [1.165, 1.54) is 30.5 Å². The summed E-state index contributed by atoms with van der Waals surface area (Å²) < 4.78 is 18.1. The van der Waals surface area contributed by atoms with Crippen molar-refractivity contribution in [3.63, 3.8) is 0 Å². The highest BCUT2D eigenvalue weighted by molar-refractivity contribution is 6.30. The molecule has 0 aliphatic heterocycles. The van der Waals surface area contributed by atoms with Crippen LogP contribution in [0, 0.1) is 5.82 Å². The van der Waals surface area contributed by atoms with Crippen LogP contribution in [-0.4, -0.2) is 18.1 Å². The van der Waals surface area contributed by atoms with Gasteiger partial charge in [-0.2, -0.15) is 5.10 Å². The lowest BCUT2D eigenvalue weighted by molar-refractivity contribution is 0.0734. The lowest BCUT2D eigenvalue weighted by Gasteiger charge is -2.04. The molecule has 28 heavy (non-hydrogen) atoms. The molecule has 0 atom stereocenters. The van der Waals surface area contributed by atoms with Crippen LogP contribution in [0.5, 0.6) is 5.75 Å². The van der Waals surface area contributed by atoms with Crippen LogP contribution in [0.2, 0.25) is 5.02 Å². The number of carbonyl (C=O) groups is 2. The van der Waals surface area contributed by atoms with Gasteiger partial charge in [-0.1, -0.05) is 11.6 Å². The molecular formula is C21H14ClFN2O3. The van der Waals surface area contributed by atoms with E-state index in [0.717, 1.165) is 0 Å². The summed E-state index contributed by atoms with van der Waals surface area (Å²) in [4.78, 5) is 23.9. The topological polar surface area (TPSA) is 67.8 Å². The molecule has 1 N–H and O–H groups in total. The van der Waals surface area contributed by atoms with E-state index in [-0.39, 0.29) is 0 Å². The predicted octanol–water partition coefficient (Wildman–Crippen LogP) is 4.46. The molecule has 1 amide bonds. The molecule has 0 aliphatic carbocycles. The molecule has 3 aromatic rings. The molecule has 0 bridgehead atoms. The monoisotopic (exact) mass is 396 g/mol. The second kappa shape index (κ2) is 8.92. The second-order valence-corrected chi connectivity index (χ2v) is 6.11. The molecule has 7 heteroatoms. The zero-order valence-electron chi connectivity index (χ0n) is 14.4. The summed E-state index contributed by atoms with van der Waals surface area (Å²) in [6, 6.07) is 18.1. The number of carbonyl (C=O) groups excluding carboxylic acids is 2. The smallest absolute Gasteiger partial charge is 0.343 e. The highest BCUT2D eigenvalue weighted by atomic mass is 35.5. The van der Waals surface area contributed by atoms with E-state index in [2.05, 4.69) is 10.5 Å². The number of rotatable bonds is 5. The van der Waals surface area contributed by atoms with Crippen LogP contribution in [0.25, 0.3) is 0 Å². The first-order valence-corrected chi connectivity index (χ1v) is 8.56. The van der Waals surface area contributed by atoms with Crippen molar-refractivity contribution in [2.75, 3.05) is 0 Å². The quantitative estimate of drug-likeness (QED) is 0.299. The number of hydrogen-bond donors (Lipinski definition) is 1. The molecule has 0 spiro atoms. The van der Waals surface area contributed by atoms with Gasteiger partial charge in [0.05, 0.1) is 11.8 Å². The molecule has 3 aromatic carbocycles. The van der Waals surface area contributed by atoms with Crippen LogP contribution >= 0.6 is 11.6 Å². The number of halogens is 2. The lowest BCUT2D eigenvalue weighted by atomic mass is 10.2. The van der Waals surface area contributed by atoms with Crippen LogP contribution < -0.4 is 10.2 Å². The SMILES string of the molecule is O=C(NN=Cc1ccc(OC(=O)c2ccc(Cl)cc2)cc1)c1ccc(F)cc1. The van der Waals surface area contributed by atoms with Gasteiger partial charge in [-0.3, -0.25) is 4.79 Å². The molecule has 0 aliphatic rings. The van der Waals surface area contributed by atoms with Gasteiger partial charge in [0.25, 0.3) is 5.91 Å². The molecule has 0 radical (unpaired) electrons. The minimum atomic E-state index is -0.496. The fourth-order valence-electron chi connectivity index (χ4n) is 2.21. The van der Waals surface area contributed by atoms with E-state index in [0.29, 0.717) is 27.5 Å². The van der Waals surface area contributed by atoms with E-state index in [4.69, 9.17) is 16.3 Å². The second-order valence-electron chi connectivity index (χ2n) is 5.67. The van der Waals surface area contributed by atoms with Gasteiger partial charge < -0.3 is 4.74 Å². The number of ether oxygens (including phenoxy) is 1. The first-order chi connectivity index (χ1) is 13.5. The molecule has 0 saturated heterocycles. The highest BCUT2D eigenvalue weighted by Gasteiger charge is 2.08. The van der Waals surface area contributed by atoms with Gasteiger partial charge >= 0.3 is 5.97 Å². The minimum Gasteiger partial charge on any atom is -0.423 e. The maximum atomic E-state index is 12.8. The van der Waals surface area contributed by atoms with Crippen molar-refractivity contribution in [2.45, 2.75) is 0 Å². The van der Waals surface area contributed by atoms with Crippen LogP contribution in [-0.2, 0) is 0 Å². The Kier molecular flexibility index (Phi) is 6.14. The molecule has 5 nitrogen and oxygen atoms in total. The largest absolute Gasteiger partial charge is 0.423 e. The fraction of sp³-hybridized carbons (Fsp3) is 0. The summed E-state index contributed by atoms with van der Waals surface area (Å²) in [5.74, 6) is -1.00. The number of nitrogens with zero attached hydrogens (tertiary/aromatic N) is 1. The van der Waals surface area contributed by atoms with Crippen molar-refractivity contribution in [3.8, 4) is 5.75 Å². The average molecular weight is 397 g/mol. The summed E-state index contributed by atoms with van der Waals surface area (Å²) in [6.45, 7) is 0. The maximum absolute atomic E-state index is 12.8. The molecule has 3 rings (SSSR count). The molecule has 0 heterocycles. The van der Waals surface area contributed by atoms with Gasteiger partial charge in [-0.15, -0.1) is 0 Å². The van der Waals surface area contributed by atoms with Gasteiger partial charge in [-0.25, -0.2) is 14.6 Å². The van der Waals surface area contributed by atoms with Crippen molar-refractivity contribution >= 4 is 29.7 Å². The van der Waals surface area contributed by atoms with Crippen LogP contribution in [0.1, 0.15) is 26.3 Å². The number of amides is 1. The number of hydrazone groups is 1. The Morgan fingerprint density at radius 1 is 0.893 bits per heavy atom. The van der Waals surface area contributed by atoms with Gasteiger partial charge in [0.1, 0.15) is 11.6 Å². The molecule has 0 aromatic heterocycles. The first kappa shape index (κ1) is 19.3. The van der Waals surface area contributed by atoms with Crippen LogP contribution in [0.15, 0.2) is 77.9 Å². The lowest BCUT2D eigenvalue weighted by Crippen LogP contribution is -2.17.